The van der Waals surface area contributed by atoms with Gasteiger partial charge >= 0.3 is 5.97 Å². The fourth-order valence-electron chi connectivity index (χ4n) is 2.05. The van der Waals surface area contributed by atoms with Crippen molar-refractivity contribution in [1.29, 1.82) is 0 Å². The second-order valence-electron chi connectivity index (χ2n) is 4.65. The molecule has 9 heteroatoms. The van der Waals surface area contributed by atoms with E-state index >= 15 is 0 Å². The molecule has 2 aromatic rings. The molecule has 0 aromatic heterocycles. The Morgan fingerprint density at radius 1 is 1.21 bits per heavy atom. The third-order valence-corrected chi connectivity index (χ3v) is 5.57. The van der Waals surface area contributed by atoms with Gasteiger partial charge in [0.05, 0.1) is 17.8 Å². The highest BCUT2D eigenvalue weighted by Crippen LogP contribution is 2.34. The highest BCUT2D eigenvalue weighted by Gasteiger charge is 2.31. The molecule has 1 N–H and O–H groups in total. The first-order valence-corrected chi connectivity index (χ1v) is 8.79. The Labute approximate surface area is 149 Å². The van der Waals surface area contributed by atoms with Crippen LogP contribution < -0.4 is 9.04 Å². The van der Waals surface area contributed by atoms with Crippen LogP contribution in [0.1, 0.15) is 0 Å². The first-order chi connectivity index (χ1) is 11.3. The molecule has 0 radical (unpaired) electrons. The molecule has 0 spiro atoms. The summed E-state index contributed by atoms with van der Waals surface area (Å²) in [6, 6.07) is 10.1. The van der Waals surface area contributed by atoms with Crippen LogP contribution >= 0.6 is 23.2 Å². The van der Waals surface area contributed by atoms with E-state index in [4.69, 9.17) is 33.0 Å². The number of carboxylic acid groups (broad SMARTS) is 1. The van der Waals surface area contributed by atoms with E-state index < -0.39 is 22.5 Å². The molecular formula is C15H13Cl2NO5S. The standard InChI is InChI=1S/C15H13Cl2NO5S/c1-23-13-5-3-2-4-12(13)18(9-15(19)20)24(21,22)14-8-10(16)6-7-11(14)17/h2-8H,9H2,1H3,(H,19,20). The Balaban J connectivity index is 2.67. The van der Waals surface area contributed by atoms with Crippen molar-refractivity contribution in [3.63, 3.8) is 0 Å². The quantitative estimate of drug-likeness (QED) is 0.819. The molecule has 0 atom stereocenters. The lowest BCUT2D eigenvalue weighted by Gasteiger charge is -2.24. The third kappa shape index (κ3) is 3.75. The van der Waals surface area contributed by atoms with E-state index in [1.807, 2.05) is 0 Å². The molecule has 0 saturated carbocycles. The Morgan fingerprint density at radius 2 is 1.88 bits per heavy atom. The third-order valence-electron chi connectivity index (χ3n) is 3.09. The van der Waals surface area contributed by atoms with E-state index in [1.54, 1.807) is 12.1 Å². The van der Waals surface area contributed by atoms with Gasteiger partial charge in [-0.15, -0.1) is 0 Å². The molecule has 128 valence electrons. The maximum absolute atomic E-state index is 13.0. The molecule has 0 fully saturated rings. The summed E-state index contributed by atoms with van der Waals surface area (Å²) in [6.07, 6.45) is 0. The average molecular weight is 390 g/mol. The van der Waals surface area contributed by atoms with Gasteiger partial charge in [-0.2, -0.15) is 0 Å². The van der Waals surface area contributed by atoms with Crippen molar-refractivity contribution >= 4 is 44.9 Å². The average Bonchev–Trinajstić information content (AvgIpc) is 2.54. The van der Waals surface area contributed by atoms with Gasteiger partial charge in [0.2, 0.25) is 0 Å². The van der Waals surface area contributed by atoms with Crippen molar-refractivity contribution in [1.82, 2.24) is 0 Å². The maximum Gasteiger partial charge on any atom is 0.324 e. The number of ether oxygens (including phenoxy) is 1. The molecule has 0 unspecified atom stereocenters. The number of halogens is 2. The van der Waals surface area contributed by atoms with E-state index in [2.05, 4.69) is 0 Å². The highest BCUT2D eigenvalue weighted by molar-refractivity contribution is 7.93. The Hall–Kier alpha value is -1.96. The molecule has 0 bridgehead atoms. The predicted molar refractivity (Wildman–Crippen MR) is 91.6 cm³/mol. The summed E-state index contributed by atoms with van der Waals surface area (Å²) in [4.78, 5) is 10.9. The number of anilines is 1. The summed E-state index contributed by atoms with van der Waals surface area (Å²) in [6.45, 7) is -0.800. The summed E-state index contributed by atoms with van der Waals surface area (Å²) in [5.41, 5.74) is 0.0819. The fourth-order valence-corrected chi connectivity index (χ4v) is 4.22. The number of hydrogen-bond donors (Lipinski definition) is 1. The lowest BCUT2D eigenvalue weighted by Crippen LogP contribution is -2.36. The number of sulfonamides is 1. The van der Waals surface area contributed by atoms with Crippen LogP contribution in [-0.2, 0) is 14.8 Å². The molecule has 0 amide bonds. The number of rotatable bonds is 6. The Kier molecular flexibility index (Phi) is 5.58. The van der Waals surface area contributed by atoms with E-state index in [-0.39, 0.29) is 26.4 Å². The number of nitrogens with zero attached hydrogens (tertiary/aromatic N) is 1. The van der Waals surface area contributed by atoms with Crippen LogP contribution in [0, 0.1) is 0 Å². The van der Waals surface area contributed by atoms with Crippen molar-refractivity contribution < 1.29 is 23.1 Å². The van der Waals surface area contributed by atoms with E-state index in [0.29, 0.717) is 4.31 Å². The number of aliphatic carboxylic acids is 1. The zero-order chi connectivity index (χ0) is 17.9. The first kappa shape index (κ1) is 18.4. The van der Waals surface area contributed by atoms with Crippen molar-refractivity contribution in [2.45, 2.75) is 4.90 Å². The van der Waals surface area contributed by atoms with Crippen LogP contribution in [0.25, 0.3) is 0 Å². The van der Waals surface area contributed by atoms with Crippen LogP contribution in [0.15, 0.2) is 47.4 Å². The molecule has 0 heterocycles. The number of benzene rings is 2. The first-order valence-electron chi connectivity index (χ1n) is 6.60. The minimum absolute atomic E-state index is 0.0651. The number of carbonyl (C=O) groups is 1. The SMILES string of the molecule is COc1ccccc1N(CC(=O)O)S(=O)(=O)c1cc(Cl)ccc1Cl. The molecule has 2 aromatic carbocycles. The predicted octanol–water partition coefficient (Wildman–Crippen LogP) is 3.28. The van der Waals surface area contributed by atoms with Crippen LogP contribution in [-0.4, -0.2) is 33.1 Å². The van der Waals surface area contributed by atoms with Gasteiger partial charge in [0.25, 0.3) is 10.0 Å². The number of para-hydroxylation sites is 2. The van der Waals surface area contributed by atoms with Crippen molar-refractivity contribution in [3.8, 4) is 5.75 Å². The maximum atomic E-state index is 13.0. The molecule has 0 aliphatic rings. The van der Waals surface area contributed by atoms with Crippen LogP contribution in [0.4, 0.5) is 5.69 Å². The lowest BCUT2D eigenvalue weighted by molar-refractivity contribution is -0.135. The van der Waals surface area contributed by atoms with Gasteiger partial charge in [-0.1, -0.05) is 35.3 Å². The normalized spacial score (nSPS) is 11.1. The fraction of sp³-hybridized carbons (Fsp3) is 0.133. The zero-order valence-electron chi connectivity index (χ0n) is 12.4. The van der Waals surface area contributed by atoms with Gasteiger partial charge in [0.15, 0.2) is 0 Å². The van der Waals surface area contributed by atoms with Crippen LogP contribution in [0.5, 0.6) is 5.75 Å². The summed E-state index contributed by atoms with van der Waals surface area (Å²) < 4.78 is 31.8. The van der Waals surface area contributed by atoms with Gasteiger partial charge in [0, 0.05) is 5.02 Å². The zero-order valence-corrected chi connectivity index (χ0v) is 14.8. The van der Waals surface area contributed by atoms with Gasteiger partial charge in [0.1, 0.15) is 17.2 Å². The van der Waals surface area contributed by atoms with Crippen LogP contribution in [0.2, 0.25) is 10.0 Å². The largest absolute Gasteiger partial charge is 0.495 e. The Bertz CT molecular complexity index is 870. The number of hydrogen-bond acceptors (Lipinski definition) is 4. The van der Waals surface area contributed by atoms with Crippen molar-refractivity contribution in [2.75, 3.05) is 18.0 Å². The van der Waals surface area contributed by atoms with Gasteiger partial charge in [-0.3, -0.25) is 9.10 Å². The molecule has 2 rings (SSSR count). The van der Waals surface area contributed by atoms with Gasteiger partial charge in [-0.25, -0.2) is 8.42 Å². The highest BCUT2D eigenvalue weighted by atomic mass is 35.5. The second kappa shape index (κ2) is 7.29. The summed E-state index contributed by atoms with van der Waals surface area (Å²) in [5.74, 6) is -1.12. The molecule has 0 saturated heterocycles. The minimum Gasteiger partial charge on any atom is -0.495 e. The summed E-state index contributed by atoms with van der Waals surface area (Å²) >= 11 is 11.8. The smallest absolute Gasteiger partial charge is 0.324 e. The molecular weight excluding hydrogens is 377 g/mol. The van der Waals surface area contributed by atoms with Crippen LogP contribution in [0.3, 0.4) is 0 Å². The lowest BCUT2D eigenvalue weighted by atomic mass is 10.3. The number of methoxy groups -OCH3 is 1. The summed E-state index contributed by atoms with van der Waals surface area (Å²) in [7, 11) is -2.92. The minimum atomic E-state index is -4.28. The molecule has 0 aliphatic heterocycles. The monoisotopic (exact) mass is 389 g/mol. The molecule has 0 aliphatic carbocycles. The van der Waals surface area contributed by atoms with E-state index in [0.717, 1.165) is 0 Å². The number of carboxylic acids is 1. The molecule has 24 heavy (non-hydrogen) atoms. The van der Waals surface area contributed by atoms with Gasteiger partial charge < -0.3 is 9.84 Å². The van der Waals surface area contributed by atoms with E-state index in [9.17, 15) is 13.2 Å². The van der Waals surface area contributed by atoms with E-state index in [1.165, 1.54) is 37.4 Å². The molecule has 6 nitrogen and oxygen atoms in total. The second-order valence-corrected chi connectivity index (χ2v) is 7.33. The van der Waals surface area contributed by atoms with Crippen molar-refractivity contribution in [3.05, 3.63) is 52.5 Å². The topological polar surface area (TPSA) is 83.9 Å². The van der Waals surface area contributed by atoms with Gasteiger partial charge in [-0.05, 0) is 30.3 Å². The van der Waals surface area contributed by atoms with Crippen molar-refractivity contribution in [2.24, 2.45) is 0 Å². The Morgan fingerprint density at radius 3 is 2.50 bits per heavy atom. The summed E-state index contributed by atoms with van der Waals surface area (Å²) in [5, 5.41) is 9.23.